The average molecular weight is 168 g/mol. The van der Waals surface area contributed by atoms with E-state index >= 15 is 0 Å². The van der Waals surface area contributed by atoms with Gasteiger partial charge in [-0.1, -0.05) is 6.92 Å². The Bertz CT molecular complexity index is 232. The van der Waals surface area contributed by atoms with E-state index in [1.807, 2.05) is 37.0 Å². The number of nitrogens with one attached hydrogen (secondary N) is 1. The SMILES string of the molecule is CCNC(CO)c1ccn(C)c1. The summed E-state index contributed by atoms with van der Waals surface area (Å²) < 4.78 is 1.98. The third kappa shape index (κ3) is 2.09. The molecule has 3 heteroatoms. The number of likely N-dealkylation sites (N-methyl/N-ethyl adjacent to an activating group) is 1. The van der Waals surface area contributed by atoms with E-state index in [9.17, 15) is 0 Å². The van der Waals surface area contributed by atoms with Crippen molar-refractivity contribution < 1.29 is 5.11 Å². The molecule has 3 nitrogen and oxygen atoms in total. The predicted octanol–water partition coefficient (Wildman–Crippen LogP) is 0.668. The Labute approximate surface area is 73.0 Å². The monoisotopic (exact) mass is 168 g/mol. The van der Waals surface area contributed by atoms with Crippen molar-refractivity contribution in [1.82, 2.24) is 9.88 Å². The Morgan fingerprint density at radius 2 is 2.42 bits per heavy atom. The van der Waals surface area contributed by atoms with Crippen molar-refractivity contribution >= 4 is 0 Å². The lowest BCUT2D eigenvalue weighted by molar-refractivity contribution is 0.246. The number of aryl methyl sites for hydroxylation is 1. The molecule has 0 spiro atoms. The maximum Gasteiger partial charge on any atom is 0.0627 e. The predicted molar refractivity (Wildman–Crippen MR) is 48.9 cm³/mol. The Kier molecular flexibility index (Phi) is 3.31. The van der Waals surface area contributed by atoms with Gasteiger partial charge in [-0.3, -0.25) is 0 Å². The van der Waals surface area contributed by atoms with Crippen LogP contribution in [0.15, 0.2) is 18.5 Å². The van der Waals surface area contributed by atoms with Gasteiger partial charge in [0.2, 0.25) is 0 Å². The van der Waals surface area contributed by atoms with Gasteiger partial charge in [-0.05, 0) is 18.2 Å². The van der Waals surface area contributed by atoms with Crippen molar-refractivity contribution in [3.8, 4) is 0 Å². The van der Waals surface area contributed by atoms with Gasteiger partial charge in [-0.25, -0.2) is 0 Å². The largest absolute Gasteiger partial charge is 0.394 e. The van der Waals surface area contributed by atoms with Gasteiger partial charge in [0, 0.05) is 19.4 Å². The first kappa shape index (κ1) is 9.29. The maximum absolute atomic E-state index is 9.05. The van der Waals surface area contributed by atoms with Crippen LogP contribution >= 0.6 is 0 Å². The molecule has 12 heavy (non-hydrogen) atoms. The number of nitrogens with zero attached hydrogens (tertiary/aromatic N) is 1. The van der Waals surface area contributed by atoms with Crippen LogP contribution in [0.5, 0.6) is 0 Å². The van der Waals surface area contributed by atoms with Crippen LogP contribution in [0.4, 0.5) is 0 Å². The molecule has 1 heterocycles. The molecule has 0 radical (unpaired) electrons. The highest BCUT2D eigenvalue weighted by Gasteiger charge is 2.08. The third-order valence-corrected chi connectivity index (χ3v) is 1.89. The number of aliphatic hydroxyl groups excluding tert-OH is 1. The van der Waals surface area contributed by atoms with Crippen LogP contribution in [-0.2, 0) is 7.05 Å². The number of hydrogen-bond donors (Lipinski definition) is 2. The maximum atomic E-state index is 9.05. The van der Waals surface area contributed by atoms with Crippen molar-refractivity contribution in [2.24, 2.45) is 7.05 Å². The third-order valence-electron chi connectivity index (χ3n) is 1.89. The molecule has 1 atom stereocenters. The molecule has 0 bridgehead atoms. The summed E-state index contributed by atoms with van der Waals surface area (Å²) in [6.07, 6.45) is 4.00. The number of rotatable bonds is 4. The van der Waals surface area contributed by atoms with Crippen LogP contribution in [0.25, 0.3) is 0 Å². The summed E-state index contributed by atoms with van der Waals surface area (Å²) in [5, 5.41) is 12.2. The summed E-state index contributed by atoms with van der Waals surface area (Å²) >= 11 is 0. The molecule has 0 amide bonds. The highest BCUT2D eigenvalue weighted by Crippen LogP contribution is 2.11. The molecule has 1 aromatic heterocycles. The molecule has 1 aromatic rings. The normalized spacial score (nSPS) is 13.2. The van der Waals surface area contributed by atoms with E-state index in [1.54, 1.807) is 0 Å². The topological polar surface area (TPSA) is 37.2 Å². The van der Waals surface area contributed by atoms with E-state index in [-0.39, 0.29) is 12.6 Å². The Balaban J connectivity index is 2.66. The molecule has 1 rings (SSSR count). The summed E-state index contributed by atoms with van der Waals surface area (Å²) in [6, 6.07) is 2.10. The van der Waals surface area contributed by atoms with Gasteiger partial charge in [0.25, 0.3) is 0 Å². The summed E-state index contributed by atoms with van der Waals surface area (Å²) in [4.78, 5) is 0. The first-order valence-corrected chi connectivity index (χ1v) is 4.24. The molecule has 0 fully saturated rings. The zero-order valence-corrected chi connectivity index (χ0v) is 7.62. The molecule has 0 aromatic carbocycles. The smallest absolute Gasteiger partial charge is 0.0627 e. The Hall–Kier alpha value is -0.800. The quantitative estimate of drug-likeness (QED) is 0.693. The van der Waals surface area contributed by atoms with Gasteiger partial charge in [0.15, 0.2) is 0 Å². The molecule has 68 valence electrons. The number of aliphatic hydroxyl groups is 1. The first-order chi connectivity index (χ1) is 5.77. The fourth-order valence-corrected chi connectivity index (χ4v) is 1.27. The van der Waals surface area contributed by atoms with Crippen molar-refractivity contribution in [1.29, 1.82) is 0 Å². The molecule has 2 N–H and O–H groups in total. The van der Waals surface area contributed by atoms with Crippen LogP contribution in [0, 0.1) is 0 Å². The molecular formula is C9H16N2O. The molecule has 0 saturated carbocycles. The van der Waals surface area contributed by atoms with Crippen molar-refractivity contribution in [2.75, 3.05) is 13.2 Å². The molecule has 0 saturated heterocycles. The lowest BCUT2D eigenvalue weighted by Crippen LogP contribution is -2.23. The highest BCUT2D eigenvalue weighted by molar-refractivity contribution is 5.15. The van der Waals surface area contributed by atoms with Gasteiger partial charge in [0.1, 0.15) is 0 Å². The molecule has 0 aliphatic carbocycles. The van der Waals surface area contributed by atoms with Crippen LogP contribution in [0.3, 0.4) is 0 Å². The molecular weight excluding hydrogens is 152 g/mol. The number of hydrogen-bond acceptors (Lipinski definition) is 2. The van der Waals surface area contributed by atoms with E-state index in [1.165, 1.54) is 0 Å². The second-order valence-electron chi connectivity index (χ2n) is 2.90. The lowest BCUT2D eigenvalue weighted by Gasteiger charge is -2.12. The summed E-state index contributed by atoms with van der Waals surface area (Å²) in [5.41, 5.74) is 1.14. The molecule has 0 aliphatic heterocycles. The van der Waals surface area contributed by atoms with E-state index in [2.05, 4.69) is 5.32 Å². The number of aromatic nitrogens is 1. The van der Waals surface area contributed by atoms with Crippen LogP contribution in [0.2, 0.25) is 0 Å². The summed E-state index contributed by atoms with van der Waals surface area (Å²) in [5.74, 6) is 0. The summed E-state index contributed by atoms with van der Waals surface area (Å²) in [7, 11) is 1.98. The fourth-order valence-electron chi connectivity index (χ4n) is 1.27. The Morgan fingerprint density at radius 1 is 1.67 bits per heavy atom. The standard InChI is InChI=1S/C9H16N2O/c1-3-10-9(7-12)8-4-5-11(2)6-8/h4-6,9-10,12H,3,7H2,1-2H3. The lowest BCUT2D eigenvalue weighted by atomic mass is 10.1. The van der Waals surface area contributed by atoms with Gasteiger partial charge >= 0.3 is 0 Å². The van der Waals surface area contributed by atoms with Gasteiger partial charge < -0.3 is 15.0 Å². The first-order valence-electron chi connectivity index (χ1n) is 4.24. The van der Waals surface area contributed by atoms with Gasteiger partial charge in [-0.15, -0.1) is 0 Å². The minimum atomic E-state index is 0.0798. The van der Waals surface area contributed by atoms with Crippen molar-refractivity contribution in [2.45, 2.75) is 13.0 Å². The Morgan fingerprint density at radius 3 is 2.83 bits per heavy atom. The van der Waals surface area contributed by atoms with Gasteiger partial charge in [-0.2, -0.15) is 0 Å². The van der Waals surface area contributed by atoms with Crippen LogP contribution in [-0.4, -0.2) is 22.8 Å². The average Bonchev–Trinajstić information content (AvgIpc) is 2.47. The van der Waals surface area contributed by atoms with Crippen LogP contribution in [0.1, 0.15) is 18.5 Å². The van der Waals surface area contributed by atoms with E-state index < -0.39 is 0 Å². The highest BCUT2D eigenvalue weighted by atomic mass is 16.3. The van der Waals surface area contributed by atoms with E-state index in [4.69, 9.17) is 5.11 Å². The second kappa shape index (κ2) is 4.28. The minimum absolute atomic E-state index is 0.0798. The zero-order valence-electron chi connectivity index (χ0n) is 7.62. The van der Waals surface area contributed by atoms with Crippen molar-refractivity contribution in [3.63, 3.8) is 0 Å². The van der Waals surface area contributed by atoms with E-state index in [0.29, 0.717) is 0 Å². The van der Waals surface area contributed by atoms with Crippen LogP contribution < -0.4 is 5.32 Å². The van der Waals surface area contributed by atoms with E-state index in [0.717, 1.165) is 12.1 Å². The molecule has 0 aliphatic rings. The zero-order chi connectivity index (χ0) is 8.97. The molecule has 1 unspecified atom stereocenters. The van der Waals surface area contributed by atoms with Gasteiger partial charge in [0.05, 0.1) is 12.6 Å². The fraction of sp³-hybridized carbons (Fsp3) is 0.556. The minimum Gasteiger partial charge on any atom is -0.394 e. The summed E-state index contributed by atoms with van der Waals surface area (Å²) in [6.45, 7) is 3.06. The van der Waals surface area contributed by atoms with Crippen molar-refractivity contribution in [3.05, 3.63) is 24.0 Å². The second-order valence-corrected chi connectivity index (χ2v) is 2.90.